The number of esters is 1. The van der Waals surface area contributed by atoms with Crippen LogP contribution in [0, 0.1) is 0 Å². The highest BCUT2D eigenvalue weighted by atomic mass is 16.5. The monoisotopic (exact) mass is 326 g/mol. The summed E-state index contributed by atoms with van der Waals surface area (Å²) >= 11 is 0. The molecular formula is C21H26O3. The fraction of sp³-hybridized carbons (Fsp3) is 0.238. The van der Waals surface area contributed by atoms with E-state index in [9.17, 15) is 9.59 Å². The summed E-state index contributed by atoms with van der Waals surface area (Å²) in [6.45, 7) is 7.44. The van der Waals surface area contributed by atoms with Crippen molar-refractivity contribution in [3.05, 3.63) is 83.1 Å². The van der Waals surface area contributed by atoms with Crippen LogP contribution in [0.15, 0.2) is 83.1 Å². The zero-order valence-corrected chi connectivity index (χ0v) is 15.1. The first-order valence-corrected chi connectivity index (χ1v) is 7.66. The Morgan fingerprint density at radius 1 is 0.708 bits per heavy atom. The fourth-order valence-corrected chi connectivity index (χ4v) is 1.49. The van der Waals surface area contributed by atoms with Gasteiger partial charge in [0.1, 0.15) is 6.29 Å². The van der Waals surface area contributed by atoms with E-state index < -0.39 is 0 Å². The van der Waals surface area contributed by atoms with Gasteiger partial charge < -0.3 is 4.74 Å². The number of rotatable bonds is 8. The molecule has 0 aliphatic rings. The molecule has 0 aliphatic carbocycles. The topological polar surface area (TPSA) is 43.4 Å². The molecule has 0 rings (SSSR count). The summed E-state index contributed by atoms with van der Waals surface area (Å²) < 4.78 is 4.62. The zero-order chi connectivity index (χ0) is 18.4. The van der Waals surface area contributed by atoms with Gasteiger partial charge in [0.15, 0.2) is 0 Å². The highest BCUT2D eigenvalue weighted by molar-refractivity contribution is 5.87. The number of hydrogen-bond acceptors (Lipinski definition) is 3. The third kappa shape index (κ3) is 11.0. The van der Waals surface area contributed by atoms with Crippen LogP contribution in [-0.2, 0) is 14.3 Å². The van der Waals surface area contributed by atoms with Gasteiger partial charge in [0.2, 0.25) is 0 Å². The van der Waals surface area contributed by atoms with E-state index in [0.29, 0.717) is 11.1 Å². The van der Waals surface area contributed by atoms with Crippen molar-refractivity contribution in [2.45, 2.75) is 27.7 Å². The van der Waals surface area contributed by atoms with Crippen LogP contribution in [-0.4, -0.2) is 19.4 Å². The standard InChI is InChI=1S/C21H26O3/c1-17(12-8-14-19(3)16-22)10-6-7-11-18(2)13-9-15-20(4)21(23)24-5/h6-16H,1-5H3. The van der Waals surface area contributed by atoms with Gasteiger partial charge >= 0.3 is 5.97 Å². The fourth-order valence-electron chi connectivity index (χ4n) is 1.49. The SMILES string of the molecule is COC(=O)C(C)=CC=CC(C)=CC=CC=C(C)C=CC=C(C)C=O. The van der Waals surface area contributed by atoms with E-state index in [2.05, 4.69) is 4.74 Å². The summed E-state index contributed by atoms with van der Waals surface area (Å²) in [5.41, 5.74) is 3.39. The maximum Gasteiger partial charge on any atom is 0.333 e. The van der Waals surface area contributed by atoms with Gasteiger partial charge in [-0.2, -0.15) is 0 Å². The first-order valence-electron chi connectivity index (χ1n) is 7.66. The molecule has 0 saturated carbocycles. The molecular weight excluding hydrogens is 300 g/mol. The first kappa shape index (κ1) is 21.3. The average Bonchev–Trinajstić information content (AvgIpc) is 2.57. The van der Waals surface area contributed by atoms with Crippen LogP contribution in [0.4, 0.5) is 0 Å². The van der Waals surface area contributed by atoms with E-state index in [1.54, 1.807) is 26.0 Å². The Morgan fingerprint density at radius 3 is 1.62 bits per heavy atom. The van der Waals surface area contributed by atoms with Crippen LogP contribution in [0.1, 0.15) is 27.7 Å². The van der Waals surface area contributed by atoms with E-state index in [4.69, 9.17) is 0 Å². The third-order valence-corrected chi connectivity index (χ3v) is 2.95. The lowest BCUT2D eigenvalue weighted by Gasteiger charge is -1.95. The molecule has 0 aromatic carbocycles. The molecule has 0 aromatic heterocycles. The van der Waals surface area contributed by atoms with Gasteiger partial charge in [0.25, 0.3) is 0 Å². The number of methoxy groups -OCH3 is 1. The number of ether oxygens (including phenoxy) is 1. The second-order valence-electron chi connectivity index (χ2n) is 5.29. The molecule has 128 valence electrons. The van der Waals surface area contributed by atoms with E-state index in [0.717, 1.165) is 17.4 Å². The summed E-state index contributed by atoms with van der Waals surface area (Å²) in [5, 5.41) is 0. The van der Waals surface area contributed by atoms with Crippen LogP contribution in [0.25, 0.3) is 0 Å². The number of carbonyl (C=O) groups excluding carboxylic acids is 2. The van der Waals surface area contributed by atoms with Crippen LogP contribution in [0.5, 0.6) is 0 Å². The number of aldehydes is 1. The molecule has 0 fully saturated rings. The quantitative estimate of drug-likeness (QED) is 0.278. The van der Waals surface area contributed by atoms with E-state index >= 15 is 0 Å². The summed E-state index contributed by atoms with van der Waals surface area (Å²) in [4.78, 5) is 21.7. The Balaban J connectivity index is 4.61. The third-order valence-electron chi connectivity index (χ3n) is 2.95. The number of allylic oxidation sites excluding steroid dienone is 13. The number of carbonyl (C=O) groups is 2. The van der Waals surface area contributed by atoms with Crippen molar-refractivity contribution in [3.8, 4) is 0 Å². The van der Waals surface area contributed by atoms with Gasteiger partial charge in [-0.3, -0.25) is 4.79 Å². The van der Waals surface area contributed by atoms with Crippen molar-refractivity contribution in [2.75, 3.05) is 7.11 Å². The maximum absolute atomic E-state index is 11.2. The largest absolute Gasteiger partial charge is 0.466 e. The second kappa shape index (κ2) is 12.8. The smallest absolute Gasteiger partial charge is 0.333 e. The summed E-state index contributed by atoms with van der Waals surface area (Å²) in [6, 6.07) is 0. The van der Waals surface area contributed by atoms with Gasteiger partial charge in [0, 0.05) is 5.57 Å². The van der Waals surface area contributed by atoms with Crippen molar-refractivity contribution in [3.63, 3.8) is 0 Å². The molecule has 0 bridgehead atoms. The van der Waals surface area contributed by atoms with Crippen molar-refractivity contribution < 1.29 is 14.3 Å². The summed E-state index contributed by atoms with van der Waals surface area (Å²) in [6.07, 6.45) is 19.7. The molecule has 24 heavy (non-hydrogen) atoms. The lowest BCUT2D eigenvalue weighted by Crippen LogP contribution is -2.00. The lowest BCUT2D eigenvalue weighted by atomic mass is 10.2. The molecule has 0 saturated heterocycles. The van der Waals surface area contributed by atoms with Crippen LogP contribution in [0.2, 0.25) is 0 Å². The zero-order valence-electron chi connectivity index (χ0n) is 15.1. The minimum absolute atomic E-state index is 0.326. The molecule has 0 heterocycles. The molecule has 3 nitrogen and oxygen atoms in total. The van der Waals surface area contributed by atoms with Crippen LogP contribution >= 0.6 is 0 Å². The normalized spacial score (nSPS) is 14.9. The summed E-state index contributed by atoms with van der Waals surface area (Å²) in [7, 11) is 1.36. The van der Waals surface area contributed by atoms with Gasteiger partial charge in [-0.05, 0) is 33.3 Å². The molecule has 0 aliphatic heterocycles. The predicted octanol–water partition coefficient (Wildman–Crippen LogP) is 4.81. The van der Waals surface area contributed by atoms with Crippen molar-refractivity contribution in [1.29, 1.82) is 0 Å². The molecule has 0 aromatic rings. The molecule has 0 radical (unpaired) electrons. The van der Waals surface area contributed by atoms with Gasteiger partial charge in [0.05, 0.1) is 7.11 Å². The Bertz CT molecular complexity index is 636. The number of hydrogen-bond donors (Lipinski definition) is 0. The van der Waals surface area contributed by atoms with Crippen molar-refractivity contribution >= 4 is 12.3 Å². The Kier molecular flexibility index (Phi) is 11.4. The highest BCUT2D eigenvalue weighted by Crippen LogP contribution is 2.01. The molecule has 0 amide bonds. The average molecular weight is 326 g/mol. The van der Waals surface area contributed by atoms with E-state index in [1.807, 2.05) is 62.5 Å². The van der Waals surface area contributed by atoms with Crippen LogP contribution < -0.4 is 0 Å². The highest BCUT2D eigenvalue weighted by Gasteiger charge is 1.99. The maximum atomic E-state index is 11.2. The van der Waals surface area contributed by atoms with Crippen LogP contribution in [0.3, 0.4) is 0 Å². The van der Waals surface area contributed by atoms with Gasteiger partial charge in [-0.1, -0.05) is 71.9 Å². The molecule has 0 N–H and O–H groups in total. The van der Waals surface area contributed by atoms with E-state index in [-0.39, 0.29) is 5.97 Å². The Hall–Kier alpha value is -2.68. The summed E-state index contributed by atoms with van der Waals surface area (Å²) in [5.74, 6) is -0.326. The second-order valence-corrected chi connectivity index (χ2v) is 5.29. The van der Waals surface area contributed by atoms with Gasteiger partial charge in [-0.15, -0.1) is 0 Å². The molecule has 0 unspecified atom stereocenters. The van der Waals surface area contributed by atoms with Crippen molar-refractivity contribution in [1.82, 2.24) is 0 Å². The van der Waals surface area contributed by atoms with Gasteiger partial charge in [-0.25, -0.2) is 4.79 Å². The van der Waals surface area contributed by atoms with E-state index in [1.165, 1.54) is 7.11 Å². The van der Waals surface area contributed by atoms with Crippen molar-refractivity contribution in [2.24, 2.45) is 0 Å². The minimum Gasteiger partial charge on any atom is -0.466 e. The predicted molar refractivity (Wildman–Crippen MR) is 101 cm³/mol. The molecule has 0 atom stereocenters. The Labute approximate surface area is 145 Å². The minimum atomic E-state index is -0.326. The lowest BCUT2D eigenvalue weighted by molar-refractivity contribution is -0.136. The molecule has 3 heteroatoms. The Morgan fingerprint density at radius 2 is 1.17 bits per heavy atom. The molecule has 0 spiro atoms. The first-order chi connectivity index (χ1) is 11.4.